The van der Waals surface area contributed by atoms with Crippen LogP contribution in [0.25, 0.3) is 0 Å². The number of carbonyl (C=O) groups excluding carboxylic acids is 1. The number of allylic oxidation sites excluding steroid dienone is 1. The maximum Gasteiger partial charge on any atom is 0.133 e. The molecule has 0 N–H and O–H groups in total. The second-order valence-corrected chi connectivity index (χ2v) is 4.07. The van der Waals surface area contributed by atoms with Gasteiger partial charge in [0.2, 0.25) is 0 Å². The molecule has 82 valence electrons. The molecule has 1 heteroatoms. The van der Waals surface area contributed by atoms with Crippen molar-refractivity contribution in [2.45, 2.75) is 58.8 Å². The second-order valence-electron chi connectivity index (χ2n) is 4.07. The van der Waals surface area contributed by atoms with Crippen LogP contribution in [0.3, 0.4) is 0 Å². The van der Waals surface area contributed by atoms with E-state index in [0.717, 1.165) is 25.7 Å². The Bertz CT molecular complexity index is 172. The van der Waals surface area contributed by atoms with Crippen LogP contribution >= 0.6 is 0 Å². The van der Waals surface area contributed by atoms with Crippen LogP contribution in [-0.2, 0) is 4.79 Å². The molecule has 0 heterocycles. The van der Waals surface area contributed by atoms with Crippen LogP contribution in [0.4, 0.5) is 0 Å². The average Bonchev–Trinajstić information content (AvgIpc) is 2.31. The number of hydrogen-bond donors (Lipinski definition) is 0. The van der Waals surface area contributed by atoms with Gasteiger partial charge < -0.3 is 0 Å². The van der Waals surface area contributed by atoms with Gasteiger partial charge in [-0.2, -0.15) is 0 Å². The molecule has 0 amide bonds. The third-order valence-electron chi connectivity index (χ3n) is 2.85. The van der Waals surface area contributed by atoms with Crippen LogP contribution in [-0.4, -0.2) is 5.78 Å². The van der Waals surface area contributed by atoms with Crippen LogP contribution in [0.1, 0.15) is 58.8 Å². The summed E-state index contributed by atoms with van der Waals surface area (Å²) >= 11 is 0. The summed E-state index contributed by atoms with van der Waals surface area (Å²) in [6.07, 6.45) is 10.8. The molecule has 1 nitrogen and oxygen atoms in total. The molecule has 0 aromatic heterocycles. The molecule has 0 unspecified atom stereocenters. The third-order valence-corrected chi connectivity index (χ3v) is 2.85. The molecule has 0 aliphatic heterocycles. The summed E-state index contributed by atoms with van der Waals surface area (Å²) in [6, 6.07) is 0. The zero-order chi connectivity index (χ0) is 9.52. The van der Waals surface area contributed by atoms with Crippen molar-refractivity contribution >= 4 is 5.78 Å². The lowest BCUT2D eigenvalue weighted by atomic mass is 9.94. The predicted octanol–water partition coefficient (Wildman–Crippen LogP) is 4.13. The van der Waals surface area contributed by atoms with E-state index >= 15 is 0 Å². The van der Waals surface area contributed by atoms with Gasteiger partial charge in [0.15, 0.2) is 0 Å². The lowest BCUT2D eigenvalue weighted by Crippen LogP contribution is -2.04. The number of unbranched alkanes of at least 4 members (excludes halogenated alkanes) is 1. The van der Waals surface area contributed by atoms with E-state index in [4.69, 9.17) is 0 Å². The fourth-order valence-electron chi connectivity index (χ4n) is 2.08. The maximum absolute atomic E-state index is 11.3. The monoisotopic (exact) mass is 196 g/mol. The number of hydrogen-bond acceptors (Lipinski definition) is 1. The standard InChI is InChI=1S/C12H20O.CH4/c1-2-3-4-7-11-8-5-6-9-12(13)10-11;/h2,11H,1,3-10H2;1H4/t11-;/m1./s1. The minimum absolute atomic E-state index is 0. The molecule has 0 spiro atoms. The van der Waals surface area contributed by atoms with Crippen LogP contribution in [0, 0.1) is 5.92 Å². The topological polar surface area (TPSA) is 17.1 Å². The van der Waals surface area contributed by atoms with Crippen molar-refractivity contribution in [3.63, 3.8) is 0 Å². The van der Waals surface area contributed by atoms with E-state index in [0.29, 0.717) is 11.7 Å². The molecule has 1 aliphatic carbocycles. The predicted molar refractivity (Wildman–Crippen MR) is 62.4 cm³/mol. The SMILES string of the molecule is C.C=CCCC[C@@H]1CCCCC(=O)C1. The fourth-order valence-corrected chi connectivity index (χ4v) is 2.08. The van der Waals surface area contributed by atoms with Gasteiger partial charge in [-0.25, -0.2) is 0 Å². The quantitative estimate of drug-likeness (QED) is 0.375. The van der Waals surface area contributed by atoms with Crippen molar-refractivity contribution in [1.29, 1.82) is 0 Å². The maximum atomic E-state index is 11.3. The van der Waals surface area contributed by atoms with E-state index in [1.807, 2.05) is 6.08 Å². The minimum Gasteiger partial charge on any atom is -0.300 e. The smallest absolute Gasteiger partial charge is 0.133 e. The van der Waals surface area contributed by atoms with E-state index in [9.17, 15) is 4.79 Å². The summed E-state index contributed by atoms with van der Waals surface area (Å²) in [6.45, 7) is 3.71. The Hall–Kier alpha value is -0.590. The highest BCUT2D eigenvalue weighted by Gasteiger charge is 2.16. The van der Waals surface area contributed by atoms with Gasteiger partial charge in [-0.05, 0) is 31.6 Å². The van der Waals surface area contributed by atoms with Gasteiger partial charge in [0, 0.05) is 12.8 Å². The summed E-state index contributed by atoms with van der Waals surface area (Å²) in [5.41, 5.74) is 0. The van der Waals surface area contributed by atoms with Crippen molar-refractivity contribution in [2.75, 3.05) is 0 Å². The first kappa shape index (κ1) is 13.4. The lowest BCUT2D eigenvalue weighted by Gasteiger charge is -2.11. The Morgan fingerprint density at radius 2 is 2.21 bits per heavy atom. The first-order valence-electron chi connectivity index (χ1n) is 5.45. The summed E-state index contributed by atoms with van der Waals surface area (Å²) in [5.74, 6) is 1.16. The normalized spacial score (nSPS) is 22.3. The van der Waals surface area contributed by atoms with Gasteiger partial charge in [0.25, 0.3) is 0 Å². The zero-order valence-electron chi connectivity index (χ0n) is 8.43. The summed E-state index contributed by atoms with van der Waals surface area (Å²) in [5, 5.41) is 0. The van der Waals surface area contributed by atoms with Crippen molar-refractivity contribution in [1.82, 2.24) is 0 Å². The summed E-state index contributed by atoms with van der Waals surface area (Å²) in [4.78, 5) is 11.3. The van der Waals surface area contributed by atoms with Gasteiger partial charge >= 0.3 is 0 Å². The largest absolute Gasteiger partial charge is 0.300 e. The molecule has 1 atom stereocenters. The molecule has 0 saturated heterocycles. The molecule has 14 heavy (non-hydrogen) atoms. The van der Waals surface area contributed by atoms with Gasteiger partial charge in [-0.3, -0.25) is 4.79 Å². The fraction of sp³-hybridized carbons (Fsp3) is 0.769. The number of ketones is 1. The summed E-state index contributed by atoms with van der Waals surface area (Å²) in [7, 11) is 0. The molecular formula is C13H24O. The first-order chi connectivity index (χ1) is 6.33. The molecule has 1 rings (SSSR count). The summed E-state index contributed by atoms with van der Waals surface area (Å²) < 4.78 is 0. The van der Waals surface area contributed by atoms with Gasteiger partial charge in [0.1, 0.15) is 5.78 Å². The molecule has 0 bridgehead atoms. The van der Waals surface area contributed by atoms with Gasteiger partial charge in [-0.15, -0.1) is 6.58 Å². The van der Waals surface area contributed by atoms with Crippen molar-refractivity contribution in [3.8, 4) is 0 Å². The molecule has 1 saturated carbocycles. The van der Waals surface area contributed by atoms with Crippen LogP contribution in [0.15, 0.2) is 12.7 Å². The number of Topliss-reactive ketones (excluding diaryl/α,β-unsaturated/α-hetero) is 1. The van der Waals surface area contributed by atoms with Crippen LogP contribution in [0.5, 0.6) is 0 Å². The van der Waals surface area contributed by atoms with Crippen molar-refractivity contribution < 1.29 is 4.79 Å². The molecule has 1 aliphatic rings. The average molecular weight is 196 g/mol. The Morgan fingerprint density at radius 1 is 1.43 bits per heavy atom. The van der Waals surface area contributed by atoms with E-state index < -0.39 is 0 Å². The van der Waals surface area contributed by atoms with Crippen molar-refractivity contribution in [2.24, 2.45) is 5.92 Å². The molecule has 0 aromatic rings. The van der Waals surface area contributed by atoms with Crippen LogP contribution in [0.2, 0.25) is 0 Å². The Kier molecular flexibility index (Phi) is 7.45. The lowest BCUT2D eigenvalue weighted by molar-refractivity contribution is -0.119. The van der Waals surface area contributed by atoms with Gasteiger partial charge in [0.05, 0.1) is 0 Å². The number of carbonyl (C=O) groups is 1. The second kappa shape index (κ2) is 7.78. The number of rotatable bonds is 4. The van der Waals surface area contributed by atoms with E-state index in [-0.39, 0.29) is 7.43 Å². The third kappa shape index (κ3) is 5.21. The van der Waals surface area contributed by atoms with E-state index in [1.165, 1.54) is 25.7 Å². The highest BCUT2D eigenvalue weighted by Crippen LogP contribution is 2.24. The Morgan fingerprint density at radius 3 is 2.93 bits per heavy atom. The van der Waals surface area contributed by atoms with E-state index in [2.05, 4.69) is 6.58 Å². The van der Waals surface area contributed by atoms with Crippen LogP contribution < -0.4 is 0 Å². The minimum atomic E-state index is 0. The zero-order valence-corrected chi connectivity index (χ0v) is 8.43. The Labute approximate surface area is 88.6 Å². The highest BCUT2D eigenvalue weighted by molar-refractivity contribution is 5.78. The molecule has 0 radical (unpaired) electrons. The Balaban J connectivity index is 0.00000169. The first-order valence-corrected chi connectivity index (χ1v) is 5.45. The molecular weight excluding hydrogens is 172 g/mol. The van der Waals surface area contributed by atoms with E-state index in [1.54, 1.807) is 0 Å². The molecule has 1 fully saturated rings. The van der Waals surface area contributed by atoms with Gasteiger partial charge in [-0.1, -0.05) is 26.3 Å². The highest BCUT2D eigenvalue weighted by atomic mass is 16.1. The molecule has 0 aromatic carbocycles. The van der Waals surface area contributed by atoms with Crippen molar-refractivity contribution in [3.05, 3.63) is 12.7 Å².